The average molecular weight is 254 g/mol. The summed E-state index contributed by atoms with van der Waals surface area (Å²) in [5.74, 6) is 0. The van der Waals surface area contributed by atoms with Gasteiger partial charge in [-0.2, -0.15) is 0 Å². The van der Waals surface area contributed by atoms with Gasteiger partial charge in [-0.1, -0.05) is 6.92 Å². The number of rotatable bonds is 5. The molecule has 2 rings (SSSR count). The molecule has 0 saturated heterocycles. The smallest absolute Gasteiger partial charge is 0.122 e. The van der Waals surface area contributed by atoms with E-state index < -0.39 is 0 Å². The van der Waals surface area contributed by atoms with Gasteiger partial charge in [0.15, 0.2) is 0 Å². The number of nitrogens with zero attached hydrogens (tertiary/aromatic N) is 1. The van der Waals surface area contributed by atoms with Crippen LogP contribution in [0.15, 0.2) is 0 Å². The van der Waals surface area contributed by atoms with E-state index in [1.165, 1.54) is 34.8 Å². The first kappa shape index (κ1) is 13.0. The monoisotopic (exact) mass is 254 g/mol. The Kier molecular flexibility index (Phi) is 4.54. The van der Waals surface area contributed by atoms with Crippen LogP contribution in [0, 0.1) is 0 Å². The molecule has 1 aromatic heterocycles. The fourth-order valence-corrected chi connectivity index (χ4v) is 3.72. The number of ether oxygens (including phenoxy) is 1. The second-order valence-corrected chi connectivity index (χ2v) is 5.56. The molecule has 1 aliphatic rings. The molecule has 4 heteroatoms. The van der Waals surface area contributed by atoms with Crippen LogP contribution in [0.1, 0.15) is 60.8 Å². The van der Waals surface area contributed by atoms with E-state index in [2.05, 4.69) is 12.2 Å². The molecule has 2 atom stereocenters. The molecule has 1 aromatic rings. The minimum absolute atomic E-state index is 0.188. The molecule has 1 N–H and O–H groups in total. The Morgan fingerprint density at radius 1 is 1.53 bits per heavy atom. The van der Waals surface area contributed by atoms with E-state index in [-0.39, 0.29) is 6.10 Å². The van der Waals surface area contributed by atoms with Gasteiger partial charge in [-0.3, -0.25) is 0 Å². The SMILES string of the molecule is CCOC(CC)c1nc2c(s1)CCCC2NC. The van der Waals surface area contributed by atoms with Crippen molar-refractivity contribution in [3.05, 3.63) is 15.6 Å². The molecule has 0 fully saturated rings. The summed E-state index contributed by atoms with van der Waals surface area (Å²) < 4.78 is 5.75. The molecule has 0 aromatic carbocycles. The highest BCUT2D eigenvalue weighted by Gasteiger charge is 2.25. The molecular formula is C13H22N2OS. The van der Waals surface area contributed by atoms with Gasteiger partial charge in [0, 0.05) is 11.5 Å². The van der Waals surface area contributed by atoms with Gasteiger partial charge in [-0.25, -0.2) is 4.98 Å². The maximum absolute atomic E-state index is 5.75. The Morgan fingerprint density at radius 3 is 3.00 bits per heavy atom. The van der Waals surface area contributed by atoms with Crippen molar-refractivity contribution >= 4 is 11.3 Å². The zero-order valence-electron chi connectivity index (χ0n) is 11.0. The molecule has 0 aliphatic heterocycles. The Hall–Kier alpha value is -0.450. The van der Waals surface area contributed by atoms with Crippen LogP contribution in [0.4, 0.5) is 0 Å². The van der Waals surface area contributed by atoms with Crippen LogP contribution in [-0.2, 0) is 11.2 Å². The van der Waals surface area contributed by atoms with Crippen molar-refractivity contribution < 1.29 is 4.74 Å². The number of hydrogen-bond donors (Lipinski definition) is 1. The van der Waals surface area contributed by atoms with E-state index in [4.69, 9.17) is 9.72 Å². The van der Waals surface area contributed by atoms with Crippen LogP contribution in [-0.4, -0.2) is 18.6 Å². The molecule has 3 nitrogen and oxygen atoms in total. The molecule has 1 aliphatic carbocycles. The predicted molar refractivity (Wildman–Crippen MR) is 71.5 cm³/mol. The van der Waals surface area contributed by atoms with Crippen molar-refractivity contribution in [3.8, 4) is 0 Å². The first-order valence-electron chi connectivity index (χ1n) is 6.58. The number of nitrogens with one attached hydrogen (secondary N) is 1. The molecule has 0 saturated carbocycles. The second-order valence-electron chi connectivity index (χ2n) is 4.45. The third kappa shape index (κ3) is 2.69. The van der Waals surface area contributed by atoms with Gasteiger partial charge in [0.05, 0.1) is 11.7 Å². The van der Waals surface area contributed by atoms with Gasteiger partial charge in [-0.15, -0.1) is 11.3 Å². The summed E-state index contributed by atoms with van der Waals surface area (Å²) in [6.07, 6.45) is 4.86. The van der Waals surface area contributed by atoms with Crippen LogP contribution < -0.4 is 5.32 Å². The fourth-order valence-electron chi connectivity index (χ4n) is 2.42. The van der Waals surface area contributed by atoms with E-state index in [0.717, 1.165) is 13.0 Å². The third-order valence-corrected chi connectivity index (χ3v) is 4.56. The number of fused-ring (bicyclic) bond motifs is 1. The number of thiazole rings is 1. The standard InChI is InChI=1S/C13H22N2OS/c1-4-10(16-5-2)13-15-12-9(14-3)7-6-8-11(12)17-13/h9-10,14H,4-8H2,1-3H3. The molecule has 0 bridgehead atoms. The highest BCUT2D eigenvalue weighted by Crippen LogP contribution is 2.36. The van der Waals surface area contributed by atoms with Crippen LogP contribution in [0.25, 0.3) is 0 Å². The van der Waals surface area contributed by atoms with Crippen molar-refractivity contribution in [2.24, 2.45) is 0 Å². The van der Waals surface area contributed by atoms with E-state index in [9.17, 15) is 0 Å². The minimum atomic E-state index is 0.188. The van der Waals surface area contributed by atoms with Gasteiger partial charge < -0.3 is 10.1 Å². The summed E-state index contributed by atoms with van der Waals surface area (Å²) in [5, 5.41) is 4.53. The van der Waals surface area contributed by atoms with E-state index >= 15 is 0 Å². The van der Waals surface area contributed by atoms with Gasteiger partial charge >= 0.3 is 0 Å². The molecule has 0 radical (unpaired) electrons. The van der Waals surface area contributed by atoms with Gasteiger partial charge in [0.2, 0.25) is 0 Å². The topological polar surface area (TPSA) is 34.1 Å². The molecule has 0 spiro atoms. The predicted octanol–water partition coefficient (Wildman–Crippen LogP) is 3.23. The summed E-state index contributed by atoms with van der Waals surface area (Å²) in [5.41, 5.74) is 1.27. The lowest BCUT2D eigenvalue weighted by Crippen LogP contribution is -2.21. The normalized spacial score (nSPS) is 21.2. The lowest BCUT2D eigenvalue weighted by atomic mass is 9.98. The maximum Gasteiger partial charge on any atom is 0.122 e. The maximum atomic E-state index is 5.75. The summed E-state index contributed by atoms with van der Waals surface area (Å²) >= 11 is 1.85. The van der Waals surface area contributed by atoms with Crippen LogP contribution in [0.5, 0.6) is 0 Å². The van der Waals surface area contributed by atoms with E-state index in [1.54, 1.807) is 0 Å². The highest BCUT2D eigenvalue weighted by molar-refractivity contribution is 7.11. The quantitative estimate of drug-likeness (QED) is 0.876. The van der Waals surface area contributed by atoms with Crippen molar-refractivity contribution in [2.75, 3.05) is 13.7 Å². The van der Waals surface area contributed by atoms with Gasteiger partial charge in [0.25, 0.3) is 0 Å². The van der Waals surface area contributed by atoms with E-state index in [0.29, 0.717) is 6.04 Å². The van der Waals surface area contributed by atoms with Crippen molar-refractivity contribution in [2.45, 2.75) is 51.7 Å². The van der Waals surface area contributed by atoms with Gasteiger partial charge in [-0.05, 0) is 39.7 Å². The lowest BCUT2D eigenvalue weighted by Gasteiger charge is -2.20. The van der Waals surface area contributed by atoms with Crippen molar-refractivity contribution in [1.82, 2.24) is 10.3 Å². The average Bonchev–Trinajstić information content (AvgIpc) is 2.79. The third-order valence-electron chi connectivity index (χ3n) is 3.33. The number of hydrogen-bond acceptors (Lipinski definition) is 4. The number of aryl methyl sites for hydroxylation is 1. The summed E-state index contributed by atoms with van der Waals surface area (Å²) in [6, 6.07) is 0.447. The van der Waals surface area contributed by atoms with Crippen LogP contribution in [0.2, 0.25) is 0 Å². The van der Waals surface area contributed by atoms with Crippen LogP contribution in [0.3, 0.4) is 0 Å². The first-order valence-corrected chi connectivity index (χ1v) is 7.40. The molecule has 96 valence electrons. The first-order chi connectivity index (χ1) is 8.30. The van der Waals surface area contributed by atoms with E-state index in [1.807, 2.05) is 25.3 Å². The zero-order chi connectivity index (χ0) is 12.3. The van der Waals surface area contributed by atoms with Crippen molar-refractivity contribution in [1.29, 1.82) is 0 Å². The summed E-state index contributed by atoms with van der Waals surface area (Å²) in [7, 11) is 2.03. The minimum Gasteiger partial charge on any atom is -0.371 e. The molecule has 17 heavy (non-hydrogen) atoms. The zero-order valence-corrected chi connectivity index (χ0v) is 11.8. The van der Waals surface area contributed by atoms with Crippen molar-refractivity contribution in [3.63, 3.8) is 0 Å². The Labute approximate surface area is 108 Å². The van der Waals surface area contributed by atoms with Gasteiger partial charge in [0.1, 0.15) is 11.1 Å². The molecule has 2 unspecified atom stereocenters. The largest absolute Gasteiger partial charge is 0.371 e. The van der Waals surface area contributed by atoms with Crippen LogP contribution >= 0.6 is 11.3 Å². The Balaban J connectivity index is 2.23. The second kappa shape index (κ2) is 5.94. The Morgan fingerprint density at radius 2 is 2.35 bits per heavy atom. The fraction of sp³-hybridized carbons (Fsp3) is 0.769. The Bertz CT molecular complexity index is 364. The number of aromatic nitrogens is 1. The molecule has 1 heterocycles. The summed E-state index contributed by atoms with van der Waals surface area (Å²) in [4.78, 5) is 6.29. The highest BCUT2D eigenvalue weighted by atomic mass is 32.1. The summed E-state index contributed by atoms with van der Waals surface area (Å²) in [6.45, 7) is 4.97. The molecular weight excluding hydrogens is 232 g/mol. The molecule has 0 amide bonds. The lowest BCUT2D eigenvalue weighted by molar-refractivity contribution is 0.0595.